The zero-order valence-corrected chi connectivity index (χ0v) is 9.36. The minimum atomic E-state index is 0.0311. The molecule has 3 heteroatoms. The Morgan fingerprint density at radius 1 is 1.40 bits per heavy atom. The van der Waals surface area contributed by atoms with Crippen molar-refractivity contribution in [2.75, 3.05) is 31.2 Å². The van der Waals surface area contributed by atoms with Gasteiger partial charge in [-0.05, 0) is 26.0 Å². The molecule has 0 saturated carbocycles. The average Bonchev–Trinajstić information content (AvgIpc) is 2.29. The van der Waals surface area contributed by atoms with Crippen molar-refractivity contribution in [2.45, 2.75) is 13.8 Å². The van der Waals surface area contributed by atoms with E-state index in [1.165, 1.54) is 0 Å². The highest BCUT2D eigenvalue weighted by Gasteiger charge is 2.02. The van der Waals surface area contributed by atoms with E-state index in [-0.39, 0.29) is 6.61 Å². The molecular weight excluding hydrogens is 190 g/mol. The number of aliphatic hydroxyl groups excluding tert-OH is 1. The molecule has 1 rings (SSSR count). The average molecular weight is 208 g/mol. The van der Waals surface area contributed by atoms with E-state index in [0.29, 0.717) is 12.4 Å². The summed E-state index contributed by atoms with van der Waals surface area (Å²) >= 11 is 0. The van der Waals surface area contributed by atoms with Crippen LogP contribution in [-0.4, -0.2) is 31.4 Å². The lowest BCUT2D eigenvalue weighted by molar-refractivity contribution is 0.201. The number of nitrogens with zero attached hydrogens (tertiary/aromatic N) is 1. The van der Waals surface area contributed by atoms with E-state index in [0.717, 1.165) is 18.8 Å². The molecule has 3 nitrogen and oxygen atoms in total. The van der Waals surface area contributed by atoms with E-state index >= 15 is 0 Å². The second-order valence-electron chi connectivity index (χ2n) is 3.16. The summed E-state index contributed by atoms with van der Waals surface area (Å²) in [5.74, 6) is 0.688. The van der Waals surface area contributed by atoms with E-state index in [1.807, 2.05) is 18.2 Å². The number of hydrogen-bond acceptors (Lipinski definition) is 3. The van der Waals surface area contributed by atoms with Crippen molar-refractivity contribution in [3.05, 3.63) is 24.3 Å². The molecular formula is C12H18NO2. The minimum Gasteiger partial charge on any atom is -0.490 e. The van der Waals surface area contributed by atoms with Gasteiger partial charge >= 0.3 is 0 Å². The van der Waals surface area contributed by atoms with Crippen molar-refractivity contribution in [1.82, 2.24) is 0 Å². The van der Waals surface area contributed by atoms with E-state index in [1.54, 1.807) is 0 Å². The molecule has 1 aromatic rings. The molecule has 1 aromatic carbocycles. The third-order valence-electron chi connectivity index (χ3n) is 2.24. The Labute approximate surface area is 91.3 Å². The van der Waals surface area contributed by atoms with Gasteiger partial charge in [-0.2, -0.15) is 0 Å². The molecule has 0 aromatic heterocycles. The van der Waals surface area contributed by atoms with Crippen LogP contribution >= 0.6 is 0 Å². The third kappa shape index (κ3) is 3.44. The van der Waals surface area contributed by atoms with E-state index < -0.39 is 0 Å². The fourth-order valence-electron chi connectivity index (χ4n) is 1.46. The van der Waals surface area contributed by atoms with Crippen LogP contribution in [0.25, 0.3) is 0 Å². The fourth-order valence-corrected chi connectivity index (χ4v) is 1.46. The standard InChI is InChI=1S/C12H18NO2/c1-3-13(4-2)11-6-5-7-12(10-11)15-9-8-14/h5-6,10,14H,3-4,8-9H2,1-2H3. The maximum absolute atomic E-state index is 8.65. The predicted octanol–water partition coefficient (Wildman–Crippen LogP) is 1.70. The molecule has 0 heterocycles. The van der Waals surface area contributed by atoms with Gasteiger partial charge in [0, 0.05) is 30.9 Å². The van der Waals surface area contributed by atoms with Crippen LogP contribution < -0.4 is 9.64 Å². The number of hydrogen-bond donors (Lipinski definition) is 1. The van der Waals surface area contributed by atoms with Crippen LogP contribution in [0.3, 0.4) is 0 Å². The Kier molecular flexibility index (Phi) is 4.98. The first-order valence-corrected chi connectivity index (χ1v) is 5.32. The van der Waals surface area contributed by atoms with Crippen LogP contribution in [0.4, 0.5) is 5.69 Å². The summed E-state index contributed by atoms with van der Waals surface area (Å²) in [7, 11) is 0. The zero-order chi connectivity index (χ0) is 11.1. The first kappa shape index (κ1) is 11.9. The van der Waals surface area contributed by atoms with Gasteiger partial charge in [0.05, 0.1) is 6.61 Å². The first-order valence-electron chi connectivity index (χ1n) is 5.32. The normalized spacial score (nSPS) is 10.1. The molecule has 0 spiro atoms. The fraction of sp³-hybridized carbons (Fsp3) is 0.500. The number of aliphatic hydroxyl groups is 1. The summed E-state index contributed by atoms with van der Waals surface area (Å²) in [5, 5.41) is 8.65. The minimum absolute atomic E-state index is 0.0311. The molecule has 0 aliphatic carbocycles. The topological polar surface area (TPSA) is 32.7 Å². The SMILES string of the molecule is CCN(CC)c1cc[c]c(OCCO)c1. The largest absolute Gasteiger partial charge is 0.490 e. The quantitative estimate of drug-likeness (QED) is 0.772. The van der Waals surface area contributed by atoms with Crippen molar-refractivity contribution in [3.63, 3.8) is 0 Å². The Bertz CT molecular complexity index is 285. The maximum Gasteiger partial charge on any atom is 0.129 e. The lowest BCUT2D eigenvalue weighted by Gasteiger charge is -2.21. The van der Waals surface area contributed by atoms with E-state index in [9.17, 15) is 0 Å². The van der Waals surface area contributed by atoms with Gasteiger partial charge in [-0.3, -0.25) is 0 Å². The van der Waals surface area contributed by atoms with Gasteiger partial charge < -0.3 is 14.7 Å². The number of ether oxygens (including phenoxy) is 1. The van der Waals surface area contributed by atoms with Crippen molar-refractivity contribution >= 4 is 5.69 Å². The molecule has 0 atom stereocenters. The second kappa shape index (κ2) is 6.30. The van der Waals surface area contributed by atoms with Crippen molar-refractivity contribution in [2.24, 2.45) is 0 Å². The number of benzene rings is 1. The van der Waals surface area contributed by atoms with Crippen LogP contribution in [0.15, 0.2) is 18.2 Å². The molecule has 0 amide bonds. The van der Waals surface area contributed by atoms with Crippen LogP contribution in [0.1, 0.15) is 13.8 Å². The van der Waals surface area contributed by atoms with Crippen LogP contribution in [-0.2, 0) is 0 Å². The first-order chi connectivity index (χ1) is 7.31. The maximum atomic E-state index is 8.65. The lowest BCUT2D eigenvalue weighted by atomic mass is 10.2. The molecule has 0 fully saturated rings. The van der Waals surface area contributed by atoms with Gasteiger partial charge in [0.2, 0.25) is 0 Å². The predicted molar refractivity (Wildman–Crippen MR) is 61.4 cm³/mol. The van der Waals surface area contributed by atoms with Crippen LogP contribution in [0.5, 0.6) is 5.75 Å². The van der Waals surface area contributed by atoms with E-state index in [4.69, 9.17) is 9.84 Å². The summed E-state index contributed by atoms with van der Waals surface area (Å²) in [6.45, 7) is 6.53. The molecule has 0 bridgehead atoms. The highest BCUT2D eigenvalue weighted by molar-refractivity contribution is 5.50. The molecule has 1 radical (unpaired) electrons. The Balaban J connectivity index is 2.72. The molecule has 0 aliphatic rings. The molecule has 0 aliphatic heterocycles. The summed E-state index contributed by atoms with van der Waals surface area (Å²) < 4.78 is 5.30. The number of anilines is 1. The molecule has 0 unspecified atom stereocenters. The van der Waals surface area contributed by atoms with Gasteiger partial charge in [0.15, 0.2) is 0 Å². The lowest BCUT2D eigenvalue weighted by Crippen LogP contribution is -2.21. The van der Waals surface area contributed by atoms with E-state index in [2.05, 4.69) is 24.8 Å². The third-order valence-corrected chi connectivity index (χ3v) is 2.24. The number of rotatable bonds is 6. The highest BCUT2D eigenvalue weighted by Crippen LogP contribution is 2.20. The van der Waals surface area contributed by atoms with Crippen LogP contribution in [0, 0.1) is 6.07 Å². The summed E-state index contributed by atoms with van der Waals surface area (Å²) in [6, 6.07) is 8.79. The van der Waals surface area contributed by atoms with Crippen molar-refractivity contribution in [3.8, 4) is 5.75 Å². The van der Waals surface area contributed by atoms with Gasteiger partial charge in [0.25, 0.3) is 0 Å². The Hall–Kier alpha value is -1.22. The molecule has 0 saturated heterocycles. The van der Waals surface area contributed by atoms with Crippen molar-refractivity contribution < 1.29 is 9.84 Å². The van der Waals surface area contributed by atoms with Crippen molar-refractivity contribution in [1.29, 1.82) is 0 Å². The Morgan fingerprint density at radius 2 is 2.13 bits per heavy atom. The zero-order valence-electron chi connectivity index (χ0n) is 9.36. The monoisotopic (exact) mass is 208 g/mol. The van der Waals surface area contributed by atoms with Gasteiger partial charge in [0.1, 0.15) is 12.4 Å². The highest BCUT2D eigenvalue weighted by atomic mass is 16.5. The van der Waals surface area contributed by atoms with Crippen LogP contribution in [0.2, 0.25) is 0 Å². The second-order valence-corrected chi connectivity index (χ2v) is 3.16. The smallest absolute Gasteiger partial charge is 0.129 e. The van der Waals surface area contributed by atoms with Gasteiger partial charge in [-0.1, -0.05) is 0 Å². The molecule has 83 valence electrons. The Morgan fingerprint density at radius 3 is 2.73 bits per heavy atom. The van der Waals surface area contributed by atoms with Gasteiger partial charge in [-0.15, -0.1) is 0 Å². The molecule has 15 heavy (non-hydrogen) atoms. The van der Waals surface area contributed by atoms with Gasteiger partial charge in [-0.25, -0.2) is 0 Å². The summed E-state index contributed by atoms with van der Waals surface area (Å²) in [4.78, 5) is 2.24. The summed E-state index contributed by atoms with van der Waals surface area (Å²) in [6.07, 6.45) is 0. The summed E-state index contributed by atoms with van der Waals surface area (Å²) in [5.41, 5.74) is 1.13. The molecule has 1 N–H and O–H groups in total.